The Hall–Kier alpha value is -3.53. The number of aromatic amines is 2. The summed E-state index contributed by atoms with van der Waals surface area (Å²) in [4.78, 5) is 26.8. The monoisotopic (exact) mass is 430 g/mol. The maximum Gasteiger partial charge on any atom is 0.417 e. The van der Waals surface area contributed by atoms with Crippen molar-refractivity contribution in [1.82, 2.24) is 19.9 Å². The third-order valence-corrected chi connectivity index (χ3v) is 5.20. The van der Waals surface area contributed by atoms with Crippen LogP contribution in [0.1, 0.15) is 33.1 Å². The first-order valence-corrected chi connectivity index (χ1v) is 9.34. The Morgan fingerprint density at radius 3 is 2.68 bits per heavy atom. The van der Waals surface area contributed by atoms with Crippen molar-refractivity contribution in [2.45, 2.75) is 12.1 Å². The van der Waals surface area contributed by atoms with E-state index in [1.165, 1.54) is 30.6 Å². The summed E-state index contributed by atoms with van der Waals surface area (Å²) in [5, 5.41) is 0. The highest BCUT2D eigenvalue weighted by Gasteiger charge is 2.35. The lowest BCUT2D eigenvalue weighted by molar-refractivity contribution is -0.137. The molecule has 1 aromatic carbocycles. The van der Waals surface area contributed by atoms with E-state index in [1.807, 2.05) is 0 Å². The number of nitrogens with zero attached hydrogens (tertiary/aromatic N) is 2. The van der Waals surface area contributed by atoms with Crippen molar-refractivity contribution in [2.24, 2.45) is 0 Å². The van der Waals surface area contributed by atoms with Crippen LogP contribution < -0.4 is 0 Å². The van der Waals surface area contributed by atoms with Crippen molar-refractivity contribution in [3.63, 3.8) is 0 Å². The molecule has 31 heavy (non-hydrogen) atoms. The Kier molecular flexibility index (Phi) is 4.40. The quantitative estimate of drug-likeness (QED) is 0.370. The number of carbonyl (C=O) groups excluding carboxylic acids is 1. The fraction of sp³-hybridized carbons (Fsp3) is 0.190. The van der Waals surface area contributed by atoms with Crippen LogP contribution in [-0.2, 0) is 10.9 Å². The minimum Gasteiger partial charge on any atom is -0.380 e. The van der Waals surface area contributed by atoms with Gasteiger partial charge in [0.05, 0.1) is 42.3 Å². The molecule has 0 aliphatic carbocycles. The Balaban J connectivity index is 1.49. The molecule has 1 saturated heterocycles. The van der Waals surface area contributed by atoms with E-state index in [9.17, 15) is 22.4 Å². The van der Waals surface area contributed by atoms with Gasteiger partial charge in [-0.05, 0) is 12.1 Å². The van der Waals surface area contributed by atoms with Gasteiger partial charge in [-0.3, -0.25) is 9.78 Å². The van der Waals surface area contributed by atoms with E-state index in [1.54, 1.807) is 0 Å². The van der Waals surface area contributed by atoms with Gasteiger partial charge in [0.15, 0.2) is 17.4 Å². The highest BCUT2D eigenvalue weighted by molar-refractivity contribution is 6.10. The number of ether oxygens (including phenoxy) is 1. The van der Waals surface area contributed by atoms with Gasteiger partial charge in [0.25, 0.3) is 0 Å². The lowest BCUT2D eigenvalue weighted by Gasteiger charge is -2.25. The summed E-state index contributed by atoms with van der Waals surface area (Å²) in [6.45, 7) is 0.801. The molecule has 0 unspecified atom stereocenters. The zero-order valence-electron chi connectivity index (χ0n) is 15.8. The van der Waals surface area contributed by atoms with E-state index in [0.717, 1.165) is 12.1 Å². The molecule has 0 radical (unpaired) electrons. The first-order chi connectivity index (χ1) is 14.8. The summed E-state index contributed by atoms with van der Waals surface area (Å²) in [5.41, 5.74) is -0.354. The number of benzene rings is 1. The van der Waals surface area contributed by atoms with Crippen LogP contribution in [0.3, 0.4) is 0 Å². The first-order valence-electron chi connectivity index (χ1n) is 9.34. The summed E-state index contributed by atoms with van der Waals surface area (Å²) >= 11 is 0. The van der Waals surface area contributed by atoms with Gasteiger partial charge >= 0.3 is 6.18 Å². The largest absolute Gasteiger partial charge is 0.417 e. The molecule has 4 aromatic rings. The molecule has 5 rings (SSSR count). The zero-order valence-corrected chi connectivity index (χ0v) is 15.8. The second kappa shape index (κ2) is 7.02. The standard InChI is InChI=1S/C21H14F4N4O2/c22-16-17(11-8-31-9-11)27-7-15-18(16)29-20(28-15)14-5-10(6-26-14)19(30)12-3-1-2-4-13(12)21(23,24)25/h1-7,11,26H,8-9H2,(H,28,29). The normalized spacial score (nSPS) is 14.7. The SMILES string of the molecule is O=C(c1c[nH]c(-c2nc3cnc(C4COC4)c(F)c3[nH]2)c1)c1ccccc1C(F)(F)F. The average Bonchev–Trinajstić information content (AvgIpc) is 3.35. The maximum absolute atomic E-state index is 14.8. The van der Waals surface area contributed by atoms with E-state index in [4.69, 9.17) is 4.74 Å². The van der Waals surface area contributed by atoms with Crippen LogP contribution in [0, 0.1) is 5.82 Å². The lowest BCUT2D eigenvalue weighted by Crippen LogP contribution is -2.27. The van der Waals surface area contributed by atoms with Gasteiger partial charge in [-0.1, -0.05) is 18.2 Å². The number of hydrogen-bond donors (Lipinski definition) is 2. The maximum atomic E-state index is 14.8. The topological polar surface area (TPSA) is 83.7 Å². The molecule has 0 amide bonds. The van der Waals surface area contributed by atoms with Crippen LogP contribution >= 0.6 is 0 Å². The minimum absolute atomic E-state index is 0.0260. The van der Waals surface area contributed by atoms with E-state index < -0.39 is 28.9 Å². The summed E-state index contributed by atoms with van der Waals surface area (Å²) < 4.78 is 59.6. The fourth-order valence-corrected chi connectivity index (χ4v) is 3.51. The number of ketones is 1. The number of alkyl halides is 3. The second-order valence-corrected chi connectivity index (χ2v) is 7.21. The number of H-pyrrole nitrogens is 2. The average molecular weight is 430 g/mol. The van der Waals surface area contributed by atoms with Gasteiger partial charge in [-0.25, -0.2) is 9.37 Å². The second-order valence-electron chi connectivity index (χ2n) is 7.21. The summed E-state index contributed by atoms with van der Waals surface area (Å²) in [7, 11) is 0. The third kappa shape index (κ3) is 3.28. The predicted octanol–water partition coefficient (Wildman–Crippen LogP) is 4.46. The van der Waals surface area contributed by atoms with Crippen LogP contribution in [-0.4, -0.2) is 38.9 Å². The number of fused-ring (bicyclic) bond motifs is 1. The molecular formula is C21H14F4N4O2. The van der Waals surface area contributed by atoms with Crippen LogP contribution in [0.25, 0.3) is 22.6 Å². The number of hydrogen-bond acceptors (Lipinski definition) is 4. The highest BCUT2D eigenvalue weighted by atomic mass is 19.4. The molecular weight excluding hydrogens is 416 g/mol. The van der Waals surface area contributed by atoms with E-state index in [0.29, 0.717) is 30.1 Å². The van der Waals surface area contributed by atoms with Crippen molar-refractivity contribution in [2.75, 3.05) is 13.2 Å². The molecule has 1 aliphatic heterocycles. The van der Waals surface area contributed by atoms with Gasteiger partial charge < -0.3 is 14.7 Å². The Morgan fingerprint density at radius 2 is 1.97 bits per heavy atom. The first kappa shape index (κ1) is 19.4. The summed E-state index contributed by atoms with van der Waals surface area (Å²) in [6.07, 6.45) is -1.91. The van der Waals surface area contributed by atoms with Crippen LogP contribution in [0.2, 0.25) is 0 Å². The molecule has 10 heteroatoms. The Morgan fingerprint density at radius 1 is 1.19 bits per heavy atom. The Labute approximate surface area is 172 Å². The highest BCUT2D eigenvalue weighted by Crippen LogP contribution is 2.33. The van der Waals surface area contributed by atoms with Crippen molar-refractivity contribution < 1.29 is 27.1 Å². The fourth-order valence-electron chi connectivity index (χ4n) is 3.51. The van der Waals surface area contributed by atoms with Crippen molar-refractivity contribution in [3.8, 4) is 11.5 Å². The number of rotatable bonds is 4. The minimum atomic E-state index is -4.65. The van der Waals surface area contributed by atoms with Crippen LogP contribution in [0.4, 0.5) is 17.6 Å². The number of aromatic nitrogens is 4. The third-order valence-electron chi connectivity index (χ3n) is 5.20. The number of halogens is 4. The molecule has 1 aliphatic rings. The van der Waals surface area contributed by atoms with Crippen molar-refractivity contribution >= 4 is 16.8 Å². The molecule has 0 saturated carbocycles. The number of nitrogens with one attached hydrogen (secondary N) is 2. The number of pyridine rings is 1. The smallest absolute Gasteiger partial charge is 0.380 e. The number of imidazole rings is 1. The molecule has 6 nitrogen and oxygen atoms in total. The van der Waals surface area contributed by atoms with E-state index in [2.05, 4.69) is 19.9 Å². The number of carbonyl (C=O) groups is 1. The van der Waals surface area contributed by atoms with Crippen LogP contribution in [0.5, 0.6) is 0 Å². The molecule has 0 bridgehead atoms. The van der Waals surface area contributed by atoms with E-state index >= 15 is 0 Å². The van der Waals surface area contributed by atoms with Gasteiger partial charge in [-0.2, -0.15) is 13.2 Å². The van der Waals surface area contributed by atoms with Gasteiger partial charge in [0, 0.05) is 17.3 Å². The summed E-state index contributed by atoms with van der Waals surface area (Å²) in [5.74, 6) is -1.18. The van der Waals surface area contributed by atoms with E-state index in [-0.39, 0.29) is 22.8 Å². The molecule has 4 heterocycles. The predicted molar refractivity (Wildman–Crippen MR) is 102 cm³/mol. The molecule has 2 N–H and O–H groups in total. The molecule has 158 valence electrons. The summed E-state index contributed by atoms with van der Waals surface area (Å²) in [6, 6.07) is 5.96. The van der Waals surface area contributed by atoms with Gasteiger partial charge in [-0.15, -0.1) is 0 Å². The molecule has 1 fully saturated rings. The molecule has 3 aromatic heterocycles. The zero-order chi connectivity index (χ0) is 21.8. The van der Waals surface area contributed by atoms with Crippen molar-refractivity contribution in [1.29, 1.82) is 0 Å². The van der Waals surface area contributed by atoms with Crippen molar-refractivity contribution in [3.05, 3.63) is 70.9 Å². The Bertz CT molecular complexity index is 1300. The van der Waals surface area contributed by atoms with Gasteiger partial charge in [0.2, 0.25) is 0 Å². The lowest BCUT2D eigenvalue weighted by atomic mass is 9.99. The van der Waals surface area contributed by atoms with Gasteiger partial charge in [0.1, 0.15) is 11.0 Å². The van der Waals surface area contributed by atoms with Crippen LogP contribution in [0.15, 0.2) is 42.7 Å². The molecule has 0 atom stereocenters. The molecule has 0 spiro atoms.